The molecule has 0 saturated carbocycles. The number of aromatic carboxylic acids is 1. The number of thiazole rings is 1. The molecular formula is C12H10BrN3O3S. The number of nitrogens with zero attached hydrogens (tertiary/aromatic N) is 2. The van der Waals surface area contributed by atoms with Crippen molar-refractivity contribution in [2.24, 2.45) is 0 Å². The number of nitrogens with one attached hydrogen (secondary N) is 1. The van der Waals surface area contributed by atoms with Crippen LogP contribution in [0.15, 0.2) is 28.3 Å². The molecule has 0 bridgehead atoms. The third-order valence-corrected chi connectivity index (χ3v) is 3.95. The van der Waals surface area contributed by atoms with E-state index in [1.807, 2.05) is 0 Å². The molecule has 1 amide bonds. The molecule has 6 nitrogen and oxygen atoms in total. The van der Waals surface area contributed by atoms with Gasteiger partial charge in [0.15, 0.2) is 5.69 Å². The van der Waals surface area contributed by atoms with E-state index >= 15 is 0 Å². The molecule has 0 aliphatic rings. The Morgan fingerprint density at radius 2 is 2.20 bits per heavy atom. The van der Waals surface area contributed by atoms with E-state index in [1.165, 1.54) is 22.9 Å². The van der Waals surface area contributed by atoms with Crippen LogP contribution in [-0.4, -0.2) is 27.0 Å². The van der Waals surface area contributed by atoms with Gasteiger partial charge in [-0.2, -0.15) is 0 Å². The molecule has 2 heterocycles. The number of carbonyl (C=O) groups excluding carboxylic acids is 1. The summed E-state index contributed by atoms with van der Waals surface area (Å²) >= 11 is 4.39. The van der Waals surface area contributed by atoms with E-state index in [1.54, 1.807) is 19.1 Å². The van der Waals surface area contributed by atoms with Gasteiger partial charge in [0.05, 0.1) is 11.6 Å². The summed E-state index contributed by atoms with van der Waals surface area (Å²) in [4.78, 5) is 30.7. The summed E-state index contributed by atoms with van der Waals surface area (Å²) < 4.78 is 0.646. The minimum atomic E-state index is -1.08. The second-order valence-corrected chi connectivity index (χ2v) is 5.64. The SMILES string of the molecule is CC(NC(=O)c1ccc(Br)nc1)c1nc(C(=O)O)cs1. The number of hydrogen-bond donors (Lipinski definition) is 2. The topological polar surface area (TPSA) is 92.2 Å². The maximum absolute atomic E-state index is 12.0. The summed E-state index contributed by atoms with van der Waals surface area (Å²) in [6.45, 7) is 1.74. The van der Waals surface area contributed by atoms with Crippen molar-refractivity contribution < 1.29 is 14.7 Å². The van der Waals surface area contributed by atoms with Gasteiger partial charge in [-0.3, -0.25) is 4.79 Å². The van der Waals surface area contributed by atoms with Crippen molar-refractivity contribution in [2.75, 3.05) is 0 Å². The molecule has 2 rings (SSSR count). The summed E-state index contributed by atoms with van der Waals surface area (Å²) in [7, 11) is 0. The quantitative estimate of drug-likeness (QED) is 0.822. The normalized spacial score (nSPS) is 11.9. The Hall–Kier alpha value is -1.80. The Morgan fingerprint density at radius 1 is 1.45 bits per heavy atom. The molecule has 2 N–H and O–H groups in total. The van der Waals surface area contributed by atoms with E-state index in [0.29, 0.717) is 15.2 Å². The van der Waals surface area contributed by atoms with E-state index < -0.39 is 5.97 Å². The molecule has 0 radical (unpaired) electrons. The van der Waals surface area contributed by atoms with E-state index in [-0.39, 0.29) is 17.6 Å². The summed E-state index contributed by atoms with van der Waals surface area (Å²) in [5.41, 5.74) is 0.409. The number of carboxylic acid groups (broad SMARTS) is 1. The molecule has 1 unspecified atom stereocenters. The lowest BCUT2D eigenvalue weighted by atomic mass is 10.2. The standard InChI is InChI=1S/C12H10BrN3O3S/c1-6(11-16-8(5-20-11)12(18)19)15-10(17)7-2-3-9(13)14-4-7/h2-6H,1H3,(H,15,17)(H,18,19). The molecule has 0 spiro atoms. The van der Waals surface area contributed by atoms with Crippen LogP contribution in [0.3, 0.4) is 0 Å². The van der Waals surface area contributed by atoms with E-state index in [2.05, 4.69) is 31.2 Å². The first kappa shape index (κ1) is 14.6. The Morgan fingerprint density at radius 3 is 2.75 bits per heavy atom. The first-order valence-corrected chi connectivity index (χ1v) is 7.26. The first-order chi connectivity index (χ1) is 9.47. The first-order valence-electron chi connectivity index (χ1n) is 5.58. The highest BCUT2D eigenvalue weighted by Crippen LogP contribution is 2.18. The number of pyridine rings is 1. The van der Waals surface area contributed by atoms with Crippen molar-refractivity contribution in [3.05, 3.63) is 44.6 Å². The molecule has 0 fully saturated rings. The largest absolute Gasteiger partial charge is 0.476 e. The Bertz CT molecular complexity index is 642. The van der Waals surface area contributed by atoms with E-state index in [0.717, 1.165) is 0 Å². The molecule has 0 aliphatic carbocycles. The number of aromatic nitrogens is 2. The lowest BCUT2D eigenvalue weighted by Crippen LogP contribution is -2.26. The van der Waals surface area contributed by atoms with Crippen molar-refractivity contribution in [3.8, 4) is 0 Å². The van der Waals surface area contributed by atoms with E-state index in [4.69, 9.17) is 5.11 Å². The van der Waals surface area contributed by atoms with Crippen LogP contribution in [0, 0.1) is 0 Å². The molecule has 20 heavy (non-hydrogen) atoms. The van der Waals surface area contributed by atoms with Gasteiger partial charge in [0.2, 0.25) is 0 Å². The maximum atomic E-state index is 12.0. The number of carbonyl (C=O) groups is 2. The van der Waals surface area contributed by atoms with Crippen molar-refractivity contribution in [1.82, 2.24) is 15.3 Å². The van der Waals surface area contributed by atoms with Crippen LogP contribution in [0.1, 0.15) is 38.8 Å². The fraction of sp³-hybridized carbons (Fsp3) is 0.167. The van der Waals surface area contributed by atoms with Crippen LogP contribution in [0.2, 0.25) is 0 Å². The molecule has 1 atom stereocenters. The zero-order valence-corrected chi connectivity index (χ0v) is 12.7. The molecular weight excluding hydrogens is 346 g/mol. The Labute approximate surface area is 127 Å². The minimum absolute atomic E-state index is 0.0172. The van der Waals surface area contributed by atoms with Crippen molar-refractivity contribution >= 4 is 39.1 Å². The number of rotatable bonds is 4. The molecule has 0 aliphatic heterocycles. The van der Waals surface area contributed by atoms with Gasteiger partial charge >= 0.3 is 5.97 Å². The molecule has 104 valence electrons. The van der Waals surface area contributed by atoms with Crippen molar-refractivity contribution in [2.45, 2.75) is 13.0 Å². The Kier molecular flexibility index (Phi) is 4.46. The van der Waals surface area contributed by atoms with Gasteiger partial charge in [-0.15, -0.1) is 11.3 Å². The van der Waals surface area contributed by atoms with E-state index in [9.17, 15) is 9.59 Å². The summed E-state index contributed by atoms with van der Waals surface area (Å²) in [6.07, 6.45) is 1.46. The average molecular weight is 356 g/mol. The predicted molar refractivity (Wildman–Crippen MR) is 76.9 cm³/mol. The average Bonchev–Trinajstić information content (AvgIpc) is 2.89. The third-order valence-electron chi connectivity index (χ3n) is 2.45. The number of hydrogen-bond acceptors (Lipinski definition) is 5. The third kappa shape index (κ3) is 3.40. The van der Waals surface area contributed by atoms with Crippen LogP contribution in [0.25, 0.3) is 0 Å². The second-order valence-electron chi connectivity index (χ2n) is 3.94. The fourth-order valence-corrected chi connectivity index (χ4v) is 2.47. The van der Waals surface area contributed by atoms with Crippen LogP contribution in [-0.2, 0) is 0 Å². The van der Waals surface area contributed by atoms with Gasteiger partial charge in [-0.05, 0) is 35.0 Å². The molecule has 0 aromatic carbocycles. The van der Waals surface area contributed by atoms with Crippen LogP contribution in [0.4, 0.5) is 0 Å². The molecule has 2 aromatic heterocycles. The summed E-state index contributed by atoms with van der Waals surface area (Å²) in [6, 6.07) is 2.94. The lowest BCUT2D eigenvalue weighted by Gasteiger charge is -2.10. The monoisotopic (exact) mass is 355 g/mol. The van der Waals surface area contributed by atoms with Crippen LogP contribution >= 0.6 is 27.3 Å². The lowest BCUT2D eigenvalue weighted by molar-refractivity contribution is 0.0691. The second kappa shape index (κ2) is 6.10. The highest BCUT2D eigenvalue weighted by Gasteiger charge is 2.16. The highest BCUT2D eigenvalue weighted by atomic mass is 79.9. The molecule has 8 heteroatoms. The Balaban J connectivity index is 2.06. The van der Waals surface area contributed by atoms with Gasteiger partial charge in [0.1, 0.15) is 9.61 Å². The highest BCUT2D eigenvalue weighted by molar-refractivity contribution is 9.10. The predicted octanol–water partition coefficient (Wildman–Crippen LogP) is 2.49. The van der Waals surface area contributed by atoms with Gasteiger partial charge in [0.25, 0.3) is 5.91 Å². The van der Waals surface area contributed by atoms with Gasteiger partial charge in [0, 0.05) is 11.6 Å². The fourth-order valence-electron chi connectivity index (χ4n) is 1.44. The maximum Gasteiger partial charge on any atom is 0.355 e. The number of halogens is 1. The minimum Gasteiger partial charge on any atom is -0.476 e. The van der Waals surface area contributed by atoms with Gasteiger partial charge in [-0.1, -0.05) is 0 Å². The van der Waals surface area contributed by atoms with Crippen molar-refractivity contribution in [3.63, 3.8) is 0 Å². The zero-order valence-electron chi connectivity index (χ0n) is 10.3. The van der Waals surface area contributed by atoms with Gasteiger partial charge < -0.3 is 10.4 Å². The zero-order chi connectivity index (χ0) is 14.7. The van der Waals surface area contributed by atoms with Gasteiger partial charge in [-0.25, -0.2) is 14.8 Å². The molecule has 0 saturated heterocycles. The number of carboxylic acids is 1. The smallest absolute Gasteiger partial charge is 0.355 e. The van der Waals surface area contributed by atoms with Crippen LogP contribution in [0.5, 0.6) is 0 Å². The van der Waals surface area contributed by atoms with Crippen molar-refractivity contribution in [1.29, 1.82) is 0 Å². The molecule has 2 aromatic rings. The number of amides is 1. The summed E-state index contributed by atoms with van der Waals surface area (Å²) in [5, 5.41) is 13.5. The van der Waals surface area contributed by atoms with Crippen LogP contribution < -0.4 is 5.32 Å². The summed E-state index contributed by atoms with van der Waals surface area (Å²) in [5.74, 6) is -1.37.